The molecule has 156 valence electrons. The van der Waals surface area contributed by atoms with Gasteiger partial charge in [0.15, 0.2) is 0 Å². The van der Waals surface area contributed by atoms with Crippen LogP contribution in [0.2, 0.25) is 6.04 Å². The molecule has 1 atom stereocenters. The minimum absolute atomic E-state index is 0.0293. The number of rotatable bonds is 15. The third-order valence-corrected chi connectivity index (χ3v) is 7.03. The van der Waals surface area contributed by atoms with Crippen molar-refractivity contribution in [3.63, 3.8) is 0 Å². The van der Waals surface area contributed by atoms with Crippen molar-refractivity contribution in [2.24, 2.45) is 0 Å². The topological polar surface area (TPSA) is 78.9 Å². The number of carbonyl (C=O) groups is 1. The Kier molecular flexibility index (Phi) is 14.4. The van der Waals surface area contributed by atoms with Crippen LogP contribution in [0, 0.1) is 0 Å². The molecule has 0 bridgehead atoms. The predicted octanol–water partition coefficient (Wildman–Crippen LogP) is 1.48. The molecule has 26 heavy (non-hydrogen) atoms. The van der Waals surface area contributed by atoms with Crippen LogP contribution in [-0.2, 0) is 27.5 Å². The van der Waals surface area contributed by atoms with Gasteiger partial charge in [-0.1, -0.05) is 0 Å². The van der Waals surface area contributed by atoms with Crippen LogP contribution < -0.4 is 0 Å². The SMILES string of the molecule is COCN(COC)C(=O)N(COC)CC(S)CCC[Si](OC)(OC)OC. The summed E-state index contributed by atoms with van der Waals surface area (Å²) in [5.41, 5.74) is 0. The number of ether oxygens (including phenoxy) is 3. The number of amides is 2. The maximum absolute atomic E-state index is 12.6. The zero-order valence-electron chi connectivity index (χ0n) is 16.7. The van der Waals surface area contributed by atoms with Crippen LogP contribution in [0.3, 0.4) is 0 Å². The van der Waals surface area contributed by atoms with E-state index in [1.54, 1.807) is 33.3 Å². The van der Waals surface area contributed by atoms with Crippen molar-refractivity contribution < 1.29 is 32.3 Å². The van der Waals surface area contributed by atoms with Gasteiger partial charge in [0.05, 0.1) is 0 Å². The molecule has 0 radical (unpaired) electrons. The number of methoxy groups -OCH3 is 3. The molecule has 0 N–H and O–H groups in total. The summed E-state index contributed by atoms with van der Waals surface area (Å²) in [6, 6.07) is 0.453. The van der Waals surface area contributed by atoms with Gasteiger partial charge in [0.1, 0.15) is 20.2 Å². The highest BCUT2D eigenvalue weighted by Gasteiger charge is 2.37. The number of thiol groups is 1. The van der Waals surface area contributed by atoms with Crippen LogP contribution in [0.4, 0.5) is 4.79 Å². The lowest BCUT2D eigenvalue weighted by Crippen LogP contribution is -2.47. The Morgan fingerprint density at radius 2 is 1.35 bits per heavy atom. The second kappa shape index (κ2) is 14.6. The zero-order chi connectivity index (χ0) is 20.0. The van der Waals surface area contributed by atoms with E-state index in [1.165, 1.54) is 19.1 Å². The lowest BCUT2D eigenvalue weighted by molar-refractivity contribution is -0.0105. The summed E-state index contributed by atoms with van der Waals surface area (Å²) in [4.78, 5) is 15.7. The van der Waals surface area contributed by atoms with Crippen LogP contribution in [0.25, 0.3) is 0 Å². The van der Waals surface area contributed by atoms with Gasteiger partial charge in [0.2, 0.25) is 0 Å². The molecule has 0 aliphatic heterocycles. The molecule has 0 fully saturated rings. The summed E-state index contributed by atoms with van der Waals surface area (Å²) < 4.78 is 31.5. The van der Waals surface area contributed by atoms with Gasteiger partial charge in [-0.25, -0.2) is 4.79 Å². The Hall–Kier alpha value is -0.403. The van der Waals surface area contributed by atoms with E-state index in [4.69, 9.17) is 27.5 Å². The maximum Gasteiger partial charge on any atom is 0.500 e. The standard InChI is InChI=1S/C15H34N2O7SSi/c1-19-11-16(15(18)17(12-20-2)13-21-3)10-14(25)8-7-9-26(22-4,23-5)24-6/h14,25H,7-13H2,1-6H3. The second-order valence-corrected chi connectivity index (χ2v) is 9.46. The molecule has 11 heteroatoms. The van der Waals surface area contributed by atoms with E-state index in [-0.39, 0.29) is 31.5 Å². The molecular weight excluding hydrogens is 380 g/mol. The molecule has 0 aliphatic carbocycles. The van der Waals surface area contributed by atoms with Crippen LogP contribution >= 0.6 is 12.6 Å². The van der Waals surface area contributed by atoms with Gasteiger partial charge < -0.3 is 32.4 Å². The van der Waals surface area contributed by atoms with Crippen molar-refractivity contribution in [2.45, 2.75) is 24.1 Å². The molecule has 9 nitrogen and oxygen atoms in total. The maximum atomic E-state index is 12.6. The van der Waals surface area contributed by atoms with Gasteiger partial charge in [-0.15, -0.1) is 0 Å². The molecule has 0 aromatic rings. The Morgan fingerprint density at radius 1 is 0.885 bits per heavy atom. The molecular formula is C15H34N2O7SSi. The van der Waals surface area contributed by atoms with Crippen molar-refractivity contribution in [2.75, 3.05) is 69.4 Å². The predicted molar refractivity (Wildman–Crippen MR) is 103 cm³/mol. The van der Waals surface area contributed by atoms with Gasteiger partial charge in [-0.05, 0) is 12.8 Å². The van der Waals surface area contributed by atoms with Crippen molar-refractivity contribution in [3.05, 3.63) is 0 Å². The molecule has 0 rings (SSSR count). The molecule has 0 saturated carbocycles. The summed E-state index contributed by atoms with van der Waals surface area (Å²) in [5, 5.41) is -0.0293. The fourth-order valence-electron chi connectivity index (χ4n) is 2.46. The lowest BCUT2D eigenvalue weighted by Gasteiger charge is -2.31. The van der Waals surface area contributed by atoms with Crippen LogP contribution in [0.1, 0.15) is 12.8 Å². The summed E-state index contributed by atoms with van der Waals surface area (Å²) in [6.07, 6.45) is 1.58. The van der Waals surface area contributed by atoms with E-state index in [1.807, 2.05) is 0 Å². The normalized spacial score (nSPS) is 12.9. The fourth-order valence-corrected chi connectivity index (χ4v) is 4.59. The number of urea groups is 1. The van der Waals surface area contributed by atoms with E-state index >= 15 is 0 Å². The Morgan fingerprint density at radius 3 is 1.77 bits per heavy atom. The number of hydrogen-bond acceptors (Lipinski definition) is 8. The van der Waals surface area contributed by atoms with Crippen LogP contribution in [-0.4, -0.2) is 99.3 Å². The van der Waals surface area contributed by atoms with Crippen LogP contribution in [0.15, 0.2) is 0 Å². The Labute approximate surface area is 163 Å². The molecule has 2 amide bonds. The minimum atomic E-state index is -2.58. The first-order valence-electron chi connectivity index (χ1n) is 8.27. The highest BCUT2D eigenvalue weighted by Crippen LogP contribution is 2.19. The first kappa shape index (κ1) is 25.6. The van der Waals surface area contributed by atoms with Crippen molar-refractivity contribution >= 4 is 27.5 Å². The van der Waals surface area contributed by atoms with Crippen molar-refractivity contribution in [1.82, 2.24) is 9.80 Å². The molecule has 0 aromatic carbocycles. The van der Waals surface area contributed by atoms with E-state index in [0.29, 0.717) is 12.6 Å². The van der Waals surface area contributed by atoms with Gasteiger partial charge in [-0.2, -0.15) is 12.6 Å². The van der Waals surface area contributed by atoms with E-state index in [9.17, 15) is 4.79 Å². The lowest BCUT2D eigenvalue weighted by atomic mass is 10.2. The van der Waals surface area contributed by atoms with Gasteiger partial charge >= 0.3 is 14.8 Å². The third-order valence-electron chi connectivity index (χ3n) is 3.78. The third kappa shape index (κ3) is 9.00. The summed E-state index contributed by atoms with van der Waals surface area (Å²) in [6.45, 7) is 0.857. The highest BCUT2D eigenvalue weighted by molar-refractivity contribution is 7.81. The van der Waals surface area contributed by atoms with Gasteiger partial charge in [0.25, 0.3) is 0 Å². The number of carbonyl (C=O) groups excluding carboxylic acids is 1. The van der Waals surface area contributed by atoms with E-state index in [0.717, 1.165) is 12.8 Å². The first-order chi connectivity index (χ1) is 12.4. The Balaban J connectivity index is 4.66. The highest BCUT2D eigenvalue weighted by atomic mass is 32.1. The minimum Gasteiger partial charge on any atom is -0.377 e. The average molecular weight is 415 g/mol. The van der Waals surface area contributed by atoms with E-state index < -0.39 is 8.80 Å². The quantitative estimate of drug-likeness (QED) is 0.247. The number of nitrogens with zero attached hydrogens (tertiary/aromatic N) is 2. The van der Waals surface area contributed by atoms with Crippen molar-refractivity contribution in [3.8, 4) is 0 Å². The van der Waals surface area contributed by atoms with Gasteiger partial charge in [-0.3, -0.25) is 4.90 Å². The summed E-state index contributed by atoms with van der Waals surface area (Å²) in [5.74, 6) is 0. The summed E-state index contributed by atoms with van der Waals surface area (Å²) in [7, 11) is 6.79. The zero-order valence-corrected chi connectivity index (χ0v) is 18.6. The largest absolute Gasteiger partial charge is 0.500 e. The molecule has 0 aliphatic rings. The molecule has 0 saturated heterocycles. The second-order valence-electron chi connectivity index (χ2n) is 5.64. The molecule has 0 aromatic heterocycles. The summed E-state index contributed by atoms with van der Waals surface area (Å²) >= 11 is 4.61. The number of hydrogen-bond donors (Lipinski definition) is 1. The fraction of sp³-hybridized carbons (Fsp3) is 0.933. The molecule has 1 unspecified atom stereocenters. The smallest absolute Gasteiger partial charge is 0.377 e. The molecule has 0 heterocycles. The Bertz CT molecular complexity index is 364. The average Bonchev–Trinajstić information content (AvgIpc) is 2.64. The van der Waals surface area contributed by atoms with E-state index in [2.05, 4.69) is 12.6 Å². The molecule has 0 spiro atoms. The van der Waals surface area contributed by atoms with Gasteiger partial charge in [0, 0.05) is 60.5 Å². The van der Waals surface area contributed by atoms with Crippen molar-refractivity contribution in [1.29, 1.82) is 0 Å². The monoisotopic (exact) mass is 414 g/mol. The first-order valence-corrected chi connectivity index (χ1v) is 10.7. The van der Waals surface area contributed by atoms with Crippen LogP contribution in [0.5, 0.6) is 0 Å².